The van der Waals surface area contributed by atoms with Crippen LogP contribution in [0.1, 0.15) is 25.5 Å². The third kappa shape index (κ3) is 6.99. The molecule has 1 fully saturated rings. The van der Waals surface area contributed by atoms with Gasteiger partial charge in [-0.2, -0.15) is 0 Å². The van der Waals surface area contributed by atoms with Crippen molar-refractivity contribution in [2.45, 2.75) is 25.4 Å². The summed E-state index contributed by atoms with van der Waals surface area (Å²) in [6, 6.07) is 8.06. The second kappa shape index (κ2) is 10.8. The Morgan fingerprint density at radius 3 is 2.32 bits per heavy atom. The van der Waals surface area contributed by atoms with Gasteiger partial charge in [0.15, 0.2) is 0 Å². The molecule has 0 radical (unpaired) electrons. The number of carbonyl (C=O) groups excluding carboxylic acids is 1. The zero-order chi connectivity index (χ0) is 16.9. The number of amides is 1. The molecule has 2 rings (SSSR count). The van der Waals surface area contributed by atoms with Gasteiger partial charge in [0.1, 0.15) is 5.75 Å². The number of hydrogen-bond acceptors (Lipinski definition) is 5. The third-order valence-corrected chi connectivity index (χ3v) is 4.03. The standard InChI is InChI=1S/C17H27N3O3.2ClH/c1-17(2,18)16(21)19-12-15(20-8-10-23-11-9-20)13-4-6-14(22-3)7-5-13;;/h4-7,15H,8-12,18H2,1-3H3,(H,19,21);2*1H. The first-order valence-corrected chi connectivity index (χ1v) is 7.95. The smallest absolute Gasteiger partial charge is 0.239 e. The molecule has 1 heterocycles. The van der Waals surface area contributed by atoms with E-state index in [1.54, 1.807) is 21.0 Å². The van der Waals surface area contributed by atoms with Crippen molar-refractivity contribution in [1.82, 2.24) is 10.2 Å². The topological polar surface area (TPSA) is 76.8 Å². The molecule has 0 aliphatic carbocycles. The molecular weight excluding hydrogens is 365 g/mol. The molecule has 0 bridgehead atoms. The van der Waals surface area contributed by atoms with Gasteiger partial charge in [0.2, 0.25) is 5.91 Å². The molecular formula is C17H29Cl2N3O3. The van der Waals surface area contributed by atoms with Crippen LogP contribution in [-0.2, 0) is 9.53 Å². The Kier molecular flexibility index (Phi) is 10.4. The minimum Gasteiger partial charge on any atom is -0.497 e. The van der Waals surface area contributed by atoms with Gasteiger partial charge in [0.05, 0.1) is 31.9 Å². The van der Waals surface area contributed by atoms with Crippen molar-refractivity contribution in [3.05, 3.63) is 29.8 Å². The molecule has 144 valence electrons. The van der Waals surface area contributed by atoms with E-state index in [-0.39, 0.29) is 36.8 Å². The van der Waals surface area contributed by atoms with E-state index in [9.17, 15) is 4.79 Å². The number of carbonyl (C=O) groups is 1. The number of nitrogens with zero attached hydrogens (tertiary/aromatic N) is 1. The van der Waals surface area contributed by atoms with Crippen LogP contribution in [0.25, 0.3) is 0 Å². The summed E-state index contributed by atoms with van der Waals surface area (Å²) in [5.74, 6) is 0.672. The van der Waals surface area contributed by atoms with Gasteiger partial charge in [-0.15, -0.1) is 24.8 Å². The molecule has 3 N–H and O–H groups in total. The lowest BCUT2D eigenvalue weighted by Gasteiger charge is -2.35. The molecule has 25 heavy (non-hydrogen) atoms. The van der Waals surface area contributed by atoms with Crippen molar-refractivity contribution in [3.63, 3.8) is 0 Å². The average Bonchev–Trinajstić information content (AvgIpc) is 2.55. The summed E-state index contributed by atoms with van der Waals surface area (Å²) < 4.78 is 10.7. The van der Waals surface area contributed by atoms with E-state index in [4.69, 9.17) is 15.2 Å². The highest BCUT2D eigenvalue weighted by Gasteiger charge is 2.26. The SMILES string of the molecule is COc1ccc(C(CNC(=O)C(C)(C)N)N2CCOCC2)cc1.Cl.Cl. The van der Waals surface area contributed by atoms with Gasteiger partial charge in [-0.1, -0.05) is 12.1 Å². The minimum absolute atomic E-state index is 0. The van der Waals surface area contributed by atoms with Gasteiger partial charge in [-0.05, 0) is 31.5 Å². The normalized spacial score (nSPS) is 16.2. The Labute approximate surface area is 162 Å². The Morgan fingerprint density at radius 1 is 1.28 bits per heavy atom. The van der Waals surface area contributed by atoms with Crippen LogP contribution >= 0.6 is 24.8 Å². The first-order valence-electron chi connectivity index (χ1n) is 7.95. The van der Waals surface area contributed by atoms with Gasteiger partial charge in [-0.3, -0.25) is 9.69 Å². The number of methoxy groups -OCH3 is 1. The number of ether oxygens (including phenoxy) is 2. The van der Waals surface area contributed by atoms with Gasteiger partial charge < -0.3 is 20.5 Å². The van der Waals surface area contributed by atoms with Crippen molar-refractivity contribution in [2.75, 3.05) is 40.0 Å². The summed E-state index contributed by atoms with van der Waals surface area (Å²) in [4.78, 5) is 14.4. The van der Waals surface area contributed by atoms with Crippen LogP contribution in [0.15, 0.2) is 24.3 Å². The lowest BCUT2D eigenvalue weighted by atomic mass is 10.0. The molecule has 6 nitrogen and oxygen atoms in total. The van der Waals surface area contributed by atoms with E-state index in [0.717, 1.165) is 24.4 Å². The van der Waals surface area contributed by atoms with E-state index < -0.39 is 5.54 Å². The predicted molar refractivity (Wildman–Crippen MR) is 104 cm³/mol. The van der Waals surface area contributed by atoms with Crippen molar-refractivity contribution in [1.29, 1.82) is 0 Å². The van der Waals surface area contributed by atoms with E-state index in [0.29, 0.717) is 19.8 Å². The number of hydrogen-bond donors (Lipinski definition) is 2. The van der Waals surface area contributed by atoms with Crippen LogP contribution in [0.4, 0.5) is 0 Å². The Balaban J connectivity index is 0.00000288. The molecule has 1 unspecified atom stereocenters. The first kappa shape index (κ1) is 23.9. The Bertz CT molecular complexity index is 515. The fourth-order valence-corrected chi connectivity index (χ4v) is 2.59. The highest BCUT2D eigenvalue weighted by atomic mass is 35.5. The van der Waals surface area contributed by atoms with Crippen LogP contribution in [0.3, 0.4) is 0 Å². The largest absolute Gasteiger partial charge is 0.497 e. The quantitative estimate of drug-likeness (QED) is 0.769. The lowest BCUT2D eigenvalue weighted by molar-refractivity contribution is -0.125. The van der Waals surface area contributed by atoms with Crippen molar-refractivity contribution < 1.29 is 14.3 Å². The number of halogens is 2. The lowest BCUT2D eigenvalue weighted by Crippen LogP contribution is -2.51. The van der Waals surface area contributed by atoms with Crippen molar-refractivity contribution >= 4 is 30.7 Å². The maximum atomic E-state index is 12.1. The number of nitrogens with two attached hydrogens (primary N) is 1. The minimum atomic E-state index is -0.879. The fraction of sp³-hybridized carbons (Fsp3) is 0.588. The Morgan fingerprint density at radius 2 is 1.84 bits per heavy atom. The van der Waals surface area contributed by atoms with Crippen LogP contribution in [-0.4, -0.2) is 56.3 Å². The zero-order valence-corrected chi connectivity index (χ0v) is 16.6. The van der Waals surface area contributed by atoms with E-state index in [2.05, 4.69) is 10.2 Å². The third-order valence-electron chi connectivity index (χ3n) is 4.03. The molecule has 1 saturated heterocycles. The summed E-state index contributed by atoms with van der Waals surface area (Å²) in [7, 11) is 1.65. The molecule has 1 amide bonds. The van der Waals surface area contributed by atoms with Crippen molar-refractivity contribution in [2.24, 2.45) is 5.73 Å². The molecule has 8 heteroatoms. The van der Waals surface area contributed by atoms with Crippen molar-refractivity contribution in [3.8, 4) is 5.75 Å². The number of nitrogens with one attached hydrogen (secondary N) is 1. The van der Waals surface area contributed by atoms with E-state index >= 15 is 0 Å². The monoisotopic (exact) mass is 393 g/mol. The van der Waals surface area contributed by atoms with Gasteiger partial charge in [-0.25, -0.2) is 0 Å². The summed E-state index contributed by atoms with van der Waals surface area (Å²) in [6.07, 6.45) is 0. The fourth-order valence-electron chi connectivity index (χ4n) is 2.59. The molecule has 0 saturated carbocycles. The number of benzene rings is 1. The highest BCUT2D eigenvalue weighted by Crippen LogP contribution is 2.23. The summed E-state index contributed by atoms with van der Waals surface area (Å²) >= 11 is 0. The summed E-state index contributed by atoms with van der Waals surface area (Å²) in [5, 5.41) is 2.97. The molecule has 1 aromatic carbocycles. The maximum absolute atomic E-state index is 12.1. The van der Waals surface area contributed by atoms with Crippen LogP contribution in [0, 0.1) is 0 Å². The number of rotatable bonds is 6. The average molecular weight is 394 g/mol. The molecule has 1 aromatic rings. The van der Waals surface area contributed by atoms with Gasteiger partial charge >= 0.3 is 0 Å². The summed E-state index contributed by atoms with van der Waals surface area (Å²) in [5.41, 5.74) is 6.12. The van der Waals surface area contributed by atoms with E-state index in [1.165, 1.54) is 0 Å². The number of morpholine rings is 1. The van der Waals surface area contributed by atoms with Gasteiger partial charge in [0, 0.05) is 19.6 Å². The maximum Gasteiger partial charge on any atom is 0.239 e. The van der Waals surface area contributed by atoms with Gasteiger partial charge in [0.25, 0.3) is 0 Å². The molecule has 1 aliphatic heterocycles. The van der Waals surface area contributed by atoms with Crippen LogP contribution < -0.4 is 15.8 Å². The van der Waals surface area contributed by atoms with E-state index in [1.807, 2.05) is 24.3 Å². The highest BCUT2D eigenvalue weighted by molar-refractivity contribution is 5.86. The molecule has 1 aliphatic rings. The predicted octanol–water partition coefficient (Wildman–Crippen LogP) is 1.77. The first-order chi connectivity index (χ1) is 10.9. The molecule has 1 atom stereocenters. The summed E-state index contributed by atoms with van der Waals surface area (Å²) in [6.45, 7) is 7.05. The van der Waals surface area contributed by atoms with Crippen LogP contribution in [0.2, 0.25) is 0 Å². The molecule has 0 spiro atoms. The Hall–Kier alpha value is -1.05. The zero-order valence-electron chi connectivity index (χ0n) is 15.0. The van der Waals surface area contributed by atoms with Crippen LogP contribution in [0.5, 0.6) is 5.75 Å². The second-order valence-corrected chi connectivity index (χ2v) is 6.37. The molecule has 0 aromatic heterocycles. The second-order valence-electron chi connectivity index (χ2n) is 6.37.